The van der Waals surface area contributed by atoms with Crippen LogP contribution in [0.25, 0.3) is 11.0 Å². The number of benzene rings is 3. The molecule has 0 radical (unpaired) electrons. The highest BCUT2D eigenvalue weighted by molar-refractivity contribution is 5.75. The van der Waals surface area contributed by atoms with Crippen LogP contribution in [0.1, 0.15) is 29.8 Å². The zero-order chi connectivity index (χ0) is 20.8. The van der Waals surface area contributed by atoms with Crippen molar-refractivity contribution in [2.75, 3.05) is 6.61 Å². The summed E-state index contributed by atoms with van der Waals surface area (Å²) in [5.41, 5.74) is 4.56. The summed E-state index contributed by atoms with van der Waals surface area (Å²) in [6.07, 6.45) is 2.00. The molecule has 1 heterocycles. The first kappa shape index (κ1) is 20.0. The normalized spacial score (nSPS) is 11.0. The van der Waals surface area contributed by atoms with Crippen LogP contribution in [0.4, 0.5) is 0 Å². The highest BCUT2D eigenvalue weighted by Gasteiger charge is 2.11. The van der Waals surface area contributed by atoms with Gasteiger partial charge in [-0.2, -0.15) is 0 Å². The number of aromatic nitrogens is 2. The summed E-state index contributed by atoms with van der Waals surface area (Å²) >= 11 is 0. The Morgan fingerprint density at radius 2 is 1.57 bits per heavy atom. The Hall–Kier alpha value is -3.27. The molecular weight excluding hydrogens is 372 g/mol. The minimum atomic E-state index is 0.456. The van der Waals surface area contributed by atoms with Crippen molar-refractivity contribution in [1.82, 2.24) is 9.55 Å². The molecule has 0 saturated heterocycles. The standard InChI is InChI=1S/C26H28N2O2/c1-20-13-15-22(16-14-20)30-19-26-27-23-10-4-5-11-24(23)28(26)17-7-8-18-29-25-12-6-3-9-21(25)2/h3-6,9-16H,7-8,17-19H2,1-2H3. The molecule has 0 atom stereocenters. The summed E-state index contributed by atoms with van der Waals surface area (Å²) in [6.45, 7) is 6.22. The van der Waals surface area contributed by atoms with Gasteiger partial charge in [0.05, 0.1) is 17.6 Å². The average molecular weight is 401 g/mol. The molecule has 0 unspecified atom stereocenters. The van der Waals surface area contributed by atoms with Crippen molar-refractivity contribution >= 4 is 11.0 Å². The Balaban J connectivity index is 1.38. The molecule has 154 valence electrons. The molecular formula is C26H28N2O2. The van der Waals surface area contributed by atoms with E-state index in [1.165, 1.54) is 11.1 Å². The second kappa shape index (κ2) is 9.49. The van der Waals surface area contributed by atoms with Crippen LogP contribution in [0.2, 0.25) is 0 Å². The van der Waals surface area contributed by atoms with E-state index >= 15 is 0 Å². The molecule has 4 rings (SSSR count). The first-order chi connectivity index (χ1) is 14.7. The van der Waals surface area contributed by atoms with E-state index in [-0.39, 0.29) is 0 Å². The van der Waals surface area contributed by atoms with Crippen molar-refractivity contribution in [2.45, 2.75) is 39.8 Å². The molecule has 3 aromatic carbocycles. The van der Waals surface area contributed by atoms with Gasteiger partial charge >= 0.3 is 0 Å². The van der Waals surface area contributed by atoms with E-state index < -0.39 is 0 Å². The first-order valence-corrected chi connectivity index (χ1v) is 10.5. The van der Waals surface area contributed by atoms with Gasteiger partial charge in [-0.15, -0.1) is 0 Å². The third-order valence-corrected chi connectivity index (χ3v) is 5.25. The number of para-hydroxylation sites is 3. The SMILES string of the molecule is Cc1ccc(OCc2nc3ccccc3n2CCCCOc2ccccc2C)cc1. The summed E-state index contributed by atoms with van der Waals surface area (Å²) < 4.78 is 14.2. The predicted octanol–water partition coefficient (Wildman–Crippen LogP) is 6.09. The maximum absolute atomic E-state index is 6.01. The molecule has 1 aromatic heterocycles. The lowest BCUT2D eigenvalue weighted by molar-refractivity contribution is 0.284. The van der Waals surface area contributed by atoms with E-state index in [9.17, 15) is 0 Å². The minimum absolute atomic E-state index is 0.456. The van der Waals surface area contributed by atoms with Crippen molar-refractivity contribution in [2.24, 2.45) is 0 Å². The first-order valence-electron chi connectivity index (χ1n) is 10.5. The molecule has 0 aliphatic carbocycles. The number of unbranched alkanes of at least 4 members (excludes halogenated alkanes) is 1. The predicted molar refractivity (Wildman–Crippen MR) is 121 cm³/mol. The summed E-state index contributed by atoms with van der Waals surface area (Å²) in [5.74, 6) is 2.79. The number of ether oxygens (including phenoxy) is 2. The number of hydrogen-bond acceptors (Lipinski definition) is 3. The minimum Gasteiger partial charge on any atom is -0.493 e. The van der Waals surface area contributed by atoms with Crippen LogP contribution in [0, 0.1) is 13.8 Å². The van der Waals surface area contributed by atoms with E-state index in [2.05, 4.69) is 54.8 Å². The van der Waals surface area contributed by atoms with E-state index in [4.69, 9.17) is 14.5 Å². The Morgan fingerprint density at radius 1 is 0.800 bits per heavy atom. The summed E-state index contributed by atoms with van der Waals surface area (Å²) in [7, 11) is 0. The zero-order valence-electron chi connectivity index (χ0n) is 17.7. The molecule has 0 amide bonds. The quantitative estimate of drug-likeness (QED) is 0.319. The lowest BCUT2D eigenvalue weighted by Crippen LogP contribution is -2.09. The number of imidazole rings is 1. The molecule has 4 heteroatoms. The molecule has 0 saturated carbocycles. The molecule has 4 nitrogen and oxygen atoms in total. The molecule has 0 spiro atoms. The van der Waals surface area contributed by atoms with E-state index in [0.29, 0.717) is 13.2 Å². The van der Waals surface area contributed by atoms with Crippen LogP contribution in [0.15, 0.2) is 72.8 Å². The Bertz CT molecular complexity index is 1100. The van der Waals surface area contributed by atoms with Gasteiger partial charge in [-0.3, -0.25) is 0 Å². The molecule has 0 bridgehead atoms. The van der Waals surface area contributed by atoms with Crippen LogP contribution in [-0.2, 0) is 13.2 Å². The number of rotatable bonds is 9. The maximum Gasteiger partial charge on any atom is 0.147 e. The fraction of sp³-hybridized carbons (Fsp3) is 0.269. The van der Waals surface area contributed by atoms with Crippen molar-refractivity contribution in [3.63, 3.8) is 0 Å². The zero-order valence-corrected chi connectivity index (χ0v) is 17.7. The Morgan fingerprint density at radius 3 is 2.40 bits per heavy atom. The fourth-order valence-corrected chi connectivity index (χ4v) is 3.54. The fourth-order valence-electron chi connectivity index (χ4n) is 3.54. The molecule has 0 N–H and O–H groups in total. The van der Waals surface area contributed by atoms with Gasteiger partial charge in [-0.1, -0.05) is 48.0 Å². The van der Waals surface area contributed by atoms with Gasteiger partial charge in [0.1, 0.15) is 23.9 Å². The lowest BCUT2D eigenvalue weighted by Gasteiger charge is -2.12. The van der Waals surface area contributed by atoms with Gasteiger partial charge in [0.25, 0.3) is 0 Å². The van der Waals surface area contributed by atoms with Crippen molar-refractivity contribution in [1.29, 1.82) is 0 Å². The summed E-state index contributed by atoms with van der Waals surface area (Å²) in [4.78, 5) is 4.81. The van der Waals surface area contributed by atoms with Crippen molar-refractivity contribution in [3.05, 3.63) is 89.7 Å². The van der Waals surface area contributed by atoms with Crippen LogP contribution >= 0.6 is 0 Å². The van der Waals surface area contributed by atoms with Crippen LogP contribution < -0.4 is 9.47 Å². The Kier molecular flexibility index (Phi) is 6.33. The number of hydrogen-bond donors (Lipinski definition) is 0. The van der Waals surface area contributed by atoms with Gasteiger partial charge in [0.15, 0.2) is 0 Å². The molecule has 0 aliphatic heterocycles. The van der Waals surface area contributed by atoms with Crippen molar-refractivity contribution in [3.8, 4) is 11.5 Å². The molecule has 30 heavy (non-hydrogen) atoms. The average Bonchev–Trinajstić information content (AvgIpc) is 3.12. The Labute approximate surface area is 178 Å². The van der Waals surface area contributed by atoms with Crippen LogP contribution in [0.5, 0.6) is 11.5 Å². The largest absolute Gasteiger partial charge is 0.493 e. The van der Waals surface area contributed by atoms with E-state index in [0.717, 1.165) is 47.7 Å². The molecule has 0 fully saturated rings. The van der Waals surface area contributed by atoms with Gasteiger partial charge in [0.2, 0.25) is 0 Å². The second-order valence-electron chi connectivity index (χ2n) is 7.59. The number of aryl methyl sites for hydroxylation is 3. The number of fused-ring (bicyclic) bond motifs is 1. The smallest absolute Gasteiger partial charge is 0.147 e. The van der Waals surface area contributed by atoms with Crippen molar-refractivity contribution < 1.29 is 9.47 Å². The van der Waals surface area contributed by atoms with Gasteiger partial charge in [0, 0.05) is 6.54 Å². The maximum atomic E-state index is 6.01. The third-order valence-electron chi connectivity index (χ3n) is 5.25. The summed E-state index contributed by atoms with van der Waals surface area (Å²) in [5, 5.41) is 0. The highest BCUT2D eigenvalue weighted by atomic mass is 16.5. The van der Waals surface area contributed by atoms with Gasteiger partial charge in [-0.25, -0.2) is 4.98 Å². The molecule has 0 aliphatic rings. The summed E-state index contributed by atoms with van der Waals surface area (Å²) in [6, 6.07) is 24.6. The number of nitrogens with zero attached hydrogens (tertiary/aromatic N) is 2. The van der Waals surface area contributed by atoms with Crippen LogP contribution in [0.3, 0.4) is 0 Å². The van der Waals surface area contributed by atoms with E-state index in [1.807, 2.05) is 36.4 Å². The lowest BCUT2D eigenvalue weighted by atomic mass is 10.2. The van der Waals surface area contributed by atoms with Crippen LogP contribution in [-0.4, -0.2) is 16.2 Å². The molecule has 4 aromatic rings. The topological polar surface area (TPSA) is 36.3 Å². The third kappa shape index (κ3) is 4.82. The van der Waals surface area contributed by atoms with Gasteiger partial charge < -0.3 is 14.0 Å². The monoisotopic (exact) mass is 400 g/mol. The van der Waals surface area contributed by atoms with Gasteiger partial charge in [-0.05, 0) is 62.6 Å². The van der Waals surface area contributed by atoms with E-state index in [1.54, 1.807) is 0 Å². The highest BCUT2D eigenvalue weighted by Crippen LogP contribution is 2.20. The second-order valence-corrected chi connectivity index (χ2v) is 7.59.